The number of esters is 1. The van der Waals surface area contributed by atoms with Gasteiger partial charge in [-0.25, -0.2) is 4.79 Å². The van der Waals surface area contributed by atoms with E-state index in [0.29, 0.717) is 6.61 Å². The van der Waals surface area contributed by atoms with Gasteiger partial charge in [0.1, 0.15) is 5.57 Å². The predicted molar refractivity (Wildman–Crippen MR) is 113 cm³/mol. The Morgan fingerprint density at radius 1 is 0.870 bits per heavy atom. The molecule has 0 atom stereocenters. The molecule has 0 aromatic heterocycles. The quantitative estimate of drug-likeness (QED) is 0.0665. The number of carbonyl (C=O) groups excluding carboxylic acids is 1. The van der Waals surface area contributed by atoms with Crippen molar-refractivity contribution in [3.05, 3.63) is 12.2 Å². The van der Waals surface area contributed by atoms with Crippen LogP contribution >= 0.6 is 21.8 Å². The van der Waals surface area contributed by atoms with Gasteiger partial charge in [0.2, 0.25) is 0 Å². The lowest BCUT2D eigenvalue weighted by Crippen LogP contribution is -2.13. The van der Waals surface area contributed by atoms with Crippen LogP contribution in [0.4, 0.5) is 0 Å². The van der Waals surface area contributed by atoms with Crippen LogP contribution in [0.5, 0.6) is 0 Å². The second kappa shape index (κ2) is 15.7. The maximum absolute atomic E-state index is 11.1. The Morgan fingerprint density at radius 2 is 1.30 bits per heavy atom. The molecule has 0 aliphatic rings. The number of halogens is 1. The molecule has 2 nitrogen and oxygen atoms in total. The molecule has 0 spiro atoms. The first-order chi connectivity index (χ1) is 11.0. The van der Waals surface area contributed by atoms with E-state index in [4.69, 9.17) is 4.74 Å². The van der Waals surface area contributed by atoms with Gasteiger partial charge in [-0.3, -0.25) is 0 Å². The summed E-state index contributed by atoms with van der Waals surface area (Å²) in [5.74, 6) is -0.211. The summed E-state index contributed by atoms with van der Waals surface area (Å²) in [6, 6.07) is 1.48. The highest BCUT2D eigenvalue weighted by atomic mass is 127. The first kappa shape index (κ1) is 23.2. The Balaban J connectivity index is 3.12. The highest BCUT2D eigenvalue weighted by molar-refractivity contribution is 14.1. The first-order valence-electron chi connectivity index (χ1n) is 9.44. The van der Waals surface area contributed by atoms with E-state index in [9.17, 15) is 4.79 Å². The molecule has 0 unspecified atom stereocenters. The largest absolute Gasteiger partial charge is 0.463 e. The minimum absolute atomic E-state index is 0.211. The molecule has 0 fully saturated rings. The van der Waals surface area contributed by atoms with E-state index in [1.54, 1.807) is 6.08 Å². The zero-order chi connectivity index (χ0) is 17.4. The van der Waals surface area contributed by atoms with Crippen LogP contribution < -0.4 is 0 Å². The summed E-state index contributed by atoms with van der Waals surface area (Å²) in [5.41, 5.74) is -0.829. The molecule has 0 radical (unpaired) electrons. The van der Waals surface area contributed by atoms with Crippen molar-refractivity contribution in [2.24, 2.45) is 0 Å². The topological polar surface area (TPSA) is 26.3 Å². The van der Waals surface area contributed by atoms with Crippen molar-refractivity contribution < 1.29 is 9.53 Å². The Bertz CT molecular complexity index is 311. The standard InChI is InChI=1S/C19H37IO2Si/c1-4-16-19(21)22-17-14-12-10-8-6-5-7-9-11-13-15-18-23(2,3)20/h4,16H,5-15,17-18H2,1-3H3. The summed E-state index contributed by atoms with van der Waals surface area (Å²) in [6.45, 7) is 7.31. The molecule has 0 aromatic rings. The predicted octanol–water partition coefficient (Wildman–Crippen LogP) is 7.04. The lowest BCUT2D eigenvalue weighted by Gasteiger charge is -2.12. The molecule has 0 N–H and O–H groups in total. The fourth-order valence-corrected chi connectivity index (χ4v) is 4.83. The van der Waals surface area contributed by atoms with Gasteiger partial charge < -0.3 is 4.74 Å². The maximum Gasteiger partial charge on any atom is 0.330 e. The molecule has 0 heterocycles. The molecular formula is C19H37IO2Si. The van der Waals surface area contributed by atoms with E-state index in [1.165, 1.54) is 76.3 Å². The first-order valence-corrected chi connectivity index (χ1v) is 15.8. The monoisotopic (exact) mass is 452 g/mol. The highest BCUT2D eigenvalue weighted by Crippen LogP contribution is 2.21. The van der Waals surface area contributed by atoms with Gasteiger partial charge in [0.05, 0.1) is 6.61 Å². The molecule has 0 saturated heterocycles. The number of hydrogen-bond donors (Lipinski definition) is 0. The fourth-order valence-electron chi connectivity index (χ4n) is 2.60. The maximum atomic E-state index is 11.1. The normalized spacial score (nSPS) is 12.0. The van der Waals surface area contributed by atoms with Crippen LogP contribution in [0.2, 0.25) is 19.1 Å². The van der Waals surface area contributed by atoms with Crippen LogP contribution in [0.3, 0.4) is 0 Å². The molecule has 0 aromatic carbocycles. The van der Waals surface area contributed by atoms with Crippen LogP contribution in [-0.4, -0.2) is 18.1 Å². The fraction of sp³-hybridized carbons (Fsp3) is 0.842. The van der Waals surface area contributed by atoms with Crippen molar-refractivity contribution in [1.82, 2.24) is 0 Å². The second-order valence-corrected chi connectivity index (χ2v) is 19.7. The van der Waals surface area contributed by atoms with Crippen molar-refractivity contribution in [3.8, 4) is 0 Å². The lowest BCUT2D eigenvalue weighted by molar-refractivity contribution is -0.137. The average Bonchev–Trinajstić information content (AvgIpc) is 2.46. The summed E-state index contributed by atoms with van der Waals surface area (Å²) in [6.07, 6.45) is 17.9. The third-order valence-electron chi connectivity index (χ3n) is 3.96. The third kappa shape index (κ3) is 20.1. The molecule has 0 amide bonds. The van der Waals surface area contributed by atoms with Gasteiger partial charge in [0.15, 0.2) is 0 Å². The number of hydrogen-bond acceptors (Lipinski definition) is 2. The van der Waals surface area contributed by atoms with Gasteiger partial charge in [-0.2, -0.15) is 0 Å². The second-order valence-electron chi connectivity index (χ2n) is 7.03. The summed E-state index contributed by atoms with van der Waals surface area (Å²) in [7, 11) is 0. The van der Waals surface area contributed by atoms with Crippen LogP contribution in [0.1, 0.15) is 77.6 Å². The Hall–Kier alpha value is 0.157. The summed E-state index contributed by atoms with van der Waals surface area (Å²) < 4.78 is 5.07. The molecule has 136 valence electrons. The van der Waals surface area contributed by atoms with Gasteiger partial charge in [-0.05, 0) is 19.4 Å². The van der Waals surface area contributed by atoms with Crippen molar-refractivity contribution in [2.75, 3.05) is 6.61 Å². The smallest absolute Gasteiger partial charge is 0.330 e. The summed E-state index contributed by atoms with van der Waals surface area (Å²) >= 11 is 2.69. The summed E-state index contributed by atoms with van der Waals surface area (Å²) in [5, 5.41) is 0. The van der Waals surface area contributed by atoms with E-state index in [0.717, 1.165) is 6.42 Å². The third-order valence-corrected chi connectivity index (χ3v) is 7.12. The van der Waals surface area contributed by atoms with Gasteiger partial charge in [-0.1, -0.05) is 83.4 Å². The number of ether oxygens (including phenoxy) is 1. The molecular weight excluding hydrogens is 415 g/mol. The minimum Gasteiger partial charge on any atom is -0.463 e. The number of unbranched alkanes of at least 4 members (excludes halogenated alkanes) is 10. The number of allylic oxidation sites excluding steroid dienone is 1. The van der Waals surface area contributed by atoms with Crippen LogP contribution in [0.15, 0.2) is 12.2 Å². The van der Waals surface area contributed by atoms with Crippen LogP contribution in [0.25, 0.3) is 0 Å². The minimum atomic E-state index is -0.829. The molecule has 23 heavy (non-hydrogen) atoms. The molecule has 0 bridgehead atoms. The van der Waals surface area contributed by atoms with Gasteiger partial charge in [0, 0.05) is 6.08 Å². The molecule has 0 rings (SSSR count). The van der Waals surface area contributed by atoms with E-state index in [2.05, 4.69) is 34.9 Å². The SMILES string of the molecule is CC=CC(=O)OCCCCCCCCCCCCC[Si](C)(C)I. The molecule has 4 heteroatoms. The van der Waals surface area contributed by atoms with Gasteiger partial charge in [-0.15, -0.1) is 21.8 Å². The summed E-state index contributed by atoms with van der Waals surface area (Å²) in [4.78, 5) is 11.1. The van der Waals surface area contributed by atoms with Gasteiger partial charge >= 0.3 is 5.97 Å². The van der Waals surface area contributed by atoms with Crippen molar-refractivity contribution >= 4 is 33.3 Å². The zero-order valence-corrected chi connectivity index (χ0v) is 18.7. The van der Waals surface area contributed by atoms with Crippen LogP contribution in [-0.2, 0) is 9.53 Å². The van der Waals surface area contributed by atoms with Crippen LogP contribution in [0, 0.1) is 0 Å². The zero-order valence-electron chi connectivity index (χ0n) is 15.5. The number of rotatable bonds is 15. The van der Waals surface area contributed by atoms with Gasteiger partial charge in [0.25, 0.3) is 0 Å². The Labute approximate surface area is 158 Å². The number of carbonyl (C=O) groups is 1. The van der Waals surface area contributed by atoms with Crippen molar-refractivity contribution in [1.29, 1.82) is 0 Å². The van der Waals surface area contributed by atoms with Crippen molar-refractivity contribution in [3.63, 3.8) is 0 Å². The van der Waals surface area contributed by atoms with E-state index < -0.39 is 5.57 Å². The van der Waals surface area contributed by atoms with E-state index >= 15 is 0 Å². The lowest BCUT2D eigenvalue weighted by atomic mass is 10.1. The molecule has 0 aliphatic heterocycles. The molecule has 0 aliphatic carbocycles. The highest BCUT2D eigenvalue weighted by Gasteiger charge is 2.14. The Kier molecular flexibility index (Phi) is 15.8. The Morgan fingerprint density at radius 3 is 1.74 bits per heavy atom. The van der Waals surface area contributed by atoms with E-state index in [1.807, 2.05) is 6.92 Å². The van der Waals surface area contributed by atoms with E-state index in [-0.39, 0.29) is 5.97 Å². The molecule has 0 saturated carbocycles. The average molecular weight is 452 g/mol. The van der Waals surface area contributed by atoms with Crippen molar-refractivity contribution in [2.45, 2.75) is 96.7 Å².